The van der Waals surface area contributed by atoms with E-state index < -0.39 is 0 Å². The maximum atomic E-state index is 4.53. The van der Waals surface area contributed by atoms with Crippen LogP contribution in [0.15, 0.2) is 0 Å². The predicted octanol–water partition coefficient (Wildman–Crippen LogP) is 2.80. The summed E-state index contributed by atoms with van der Waals surface area (Å²) < 4.78 is 4.40. The molecule has 1 fully saturated rings. The maximum Gasteiger partial charge on any atom is 0.202 e. The van der Waals surface area contributed by atoms with Gasteiger partial charge in [-0.15, -0.1) is 0 Å². The highest BCUT2D eigenvalue weighted by Gasteiger charge is 2.42. The summed E-state index contributed by atoms with van der Waals surface area (Å²) in [5.41, 5.74) is 0.357. The van der Waals surface area contributed by atoms with Crippen LogP contribution in [0.4, 0.5) is 5.13 Å². The van der Waals surface area contributed by atoms with Gasteiger partial charge < -0.3 is 5.32 Å². The summed E-state index contributed by atoms with van der Waals surface area (Å²) in [6.07, 6.45) is 2.47. The van der Waals surface area contributed by atoms with E-state index in [2.05, 4.69) is 42.4 Å². The number of hydrogen-bond acceptors (Lipinski definition) is 4. The summed E-state index contributed by atoms with van der Waals surface area (Å²) in [6.45, 7) is 8.63. The topological polar surface area (TPSA) is 37.8 Å². The Kier molecular flexibility index (Phi) is 2.07. The van der Waals surface area contributed by atoms with Crippen LogP contribution in [0.2, 0.25) is 0 Å². The fourth-order valence-electron chi connectivity index (χ4n) is 1.25. The van der Waals surface area contributed by atoms with E-state index in [1.165, 1.54) is 24.4 Å². The number of nitrogens with one attached hydrogen (secondary N) is 1. The van der Waals surface area contributed by atoms with Crippen molar-refractivity contribution >= 4 is 16.7 Å². The minimum absolute atomic E-state index is 0.0707. The quantitative estimate of drug-likeness (QED) is 0.817. The second-order valence-electron chi connectivity index (χ2n) is 5.36. The average Bonchev–Trinajstić information content (AvgIpc) is 2.60. The lowest BCUT2D eigenvalue weighted by Gasteiger charge is -2.18. The van der Waals surface area contributed by atoms with Crippen molar-refractivity contribution < 1.29 is 0 Å². The second kappa shape index (κ2) is 2.92. The summed E-state index contributed by atoms with van der Waals surface area (Å²) in [5, 5.41) is 4.29. The van der Waals surface area contributed by atoms with Crippen molar-refractivity contribution in [3.8, 4) is 0 Å². The molecule has 0 unspecified atom stereocenters. The Labute approximate surface area is 89.1 Å². The van der Waals surface area contributed by atoms with Crippen molar-refractivity contribution in [1.82, 2.24) is 9.36 Å². The van der Waals surface area contributed by atoms with Crippen LogP contribution < -0.4 is 5.32 Å². The first-order valence-corrected chi connectivity index (χ1v) is 5.79. The molecule has 2 rings (SSSR count). The first-order chi connectivity index (χ1) is 6.39. The number of aromatic nitrogens is 2. The molecule has 4 heteroatoms. The molecule has 1 aromatic heterocycles. The normalized spacial score (nSPS) is 19.4. The first-order valence-electron chi connectivity index (χ1n) is 5.01. The number of hydrogen-bond donors (Lipinski definition) is 1. The average molecular weight is 211 g/mol. The Balaban J connectivity index is 2.11. The molecule has 1 aromatic rings. The van der Waals surface area contributed by atoms with E-state index in [1.54, 1.807) is 0 Å². The molecule has 0 saturated heterocycles. The largest absolute Gasteiger partial charge is 0.356 e. The smallest absolute Gasteiger partial charge is 0.202 e. The number of rotatable bonds is 2. The molecule has 14 heavy (non-hydrogen) atoms. The highest BCUT2D eigenvalue weighted by atomic mass is 32.1. The summed E-state index contributed by atoms with van der Waals surface area (Å²) in [4.78, 5) is 4.53. The maximum absolute atomic E-state index is 4.53. The fourth-order valence-corrected chi connectivity index (χ4v) is 2.16. The Hall–Kier alpha value is -0.640. The van der Waals surface area contributed by atoms with Crippen LogP contribution in [-0.4, -0.2) is 14.9 Å². The van der Waals surface area contributed by atoms with E-state index in [1.807, 2.05) is 0 Å². The molecule has 0 radical (unpaired) electrons. The van der Waals surface area contributed by atoms with Gasteiger partial charge in [-0.3, -0.25) is 0 Å². The van der Waals surface area contributed by atoms with E-state index >= 15 is 0 Å². The van der Waals surface area contributed by atoms with Gasteiger partial charge >= 0.3 is 0 Å². The van der Waals surface area contributed by atoms with E-state index in [-0.39, 0.29) is 11.0 Å². The molecule has 0 atom stereocenters. The van der Waals surface area contributed by atoms with Gasteiger partial charge in [-0.2, -0.15) is 4.37 Å². The predicted molar refractivity (Wildman–Crippen MR) is 59.9 cm³/mol. The molecule has 0 bridgehead atoms. The Morgan fingerprint density at radius 2 is 2.00 bits per heavy atom. The van der Waals surface area contributed by atoms with Crippen molar-refractivity contribution in [2.45, 2.75) is 51.5 Å². The van der Waals surface area contributed by atoms with Gasteiger partial charge in [0.05, 0.1) is 0 Å². The van der Waals surface area contributed by atoms with Gasteiger partial charge in [-0.25, -0.2) is 4.98 Å². The van der Waals surface area contributed by atoms with Gasteiger partial charge in [0.1, 0.15) is 0 Å². The molecule has 1 aliphatic carbocycles. The molecule has 1 N–H and O–H groups in total. The minimum atomic E-state index is 0.0707. The van der Waals surface area contributed by atoms with Gasteiger partial charge in [0.15, 0.2) is 5.82 Å². The Morgan fingerprint density at radius 1 is 1.36 bits per heavy atom. The minimum Gasteiger partial charge on any atom is -0.356 e. The van der Waals surface area contributed by atoms with Crippen LogP contribution in [-0.2, 0) is 5.41 Å². The van der Waals surface area contributed by atoms with Crippen molar-refractivity contribution in [3.05, 3.63) is 5.82 Å². The van der Waals surface area contributed by atoms with Gasteiger partial charge in [0.2, 0.25) is 5.13 Å². The summed E-state index contributed by atoms with van der Waals surface area (Å²) in [7, 11) is 0. The van der Waals surface area contributed by atoms with Crippen molar-refractivity contribution in [1.29, 1.82) is 0 Å². The Bertz CT molecular complexity index is 333. The van der Waals surface area contributed by atoms with Crippen LogP contribution in [0.3, 0.4) is 0 Å². The third-order valence-electron chi connectivity index (χ3n) is 2.45. The molecule has 78 valence electrons. The third-order valence-corrected chi connectivity index (χ3v) is 3.08. The molecule has 0 aliphatic heterocycles. The summed E-state index contributed by atoms with van der Waals surface area (Å²) in [6, 6.07) is 0. The van der Waals surface area contributed by atoms with Crippen LogP contribution in [0.1, 0.15) is 46.4 Å². The molecule has 0 aromatic carbocycles. The lowest BCUT2D eigenvalue weighted by molar-refractivity contribution is 0.631. The van der Waals surface area contributed by atoms with E-state index in [0.29, 0.717) is 0 Å². The molecule has 0 amide bonds. The monoisotopic (exact) mass is 211 g/mol. The zero-order valence-electron chi connectivity index (χ0n) is 9.22. The summed E-state index contributed by atoms with van der Waals surface area (Å²) >= 11 is 1.47. The molecule has 3 nitrogen and oxygen atoms in total. The van der Waals surface area contributed by atoms with Crippen molar-refractivity contribution in [2.24, 2.45) is 0 Å². The first kappa shape index (κ1) is 9.90. The number of nitrogens with zero attached hydrogens (tertiary/aromatic N) is 2. The molecular formula is C10H17N3S. The molecule has 1 saturated carbocycles. The SMILES string of the molecule is CC(C)(C)Nc1nc(C2(C)CC2)ns1. The molecule has 0 spiro atoms. The van der Waals surface area contributed by atoms with Gasteiger partial charge in [-0.05, 0) is 33.6 Å². The van der Waals surface area contributed by atoms with Gasteiger partial charge in [0.25, 0.3) is 0 Å². The lowest BCUT2D eigenvalue weighted by Crippen LogP contribution is -2.25. The fraction of sp³-hybridized carbons (Fsp3) is 0.800. The zero-order chi connectivity index (χ0) is 10.4. The van der Waals surface area contributed by atoms with Crippen LogP contribution >= 0.6 is 11.5 Å². The second-order valence-corrected chi connectivity index (χ2v) is 6.11. The van der Waals surface area contributed by atoms with E-state index in [9.17, 15) is 0 Å². The highest BCUT2D eigenvalue weighted by Crippen LogP contribution is 2.46. The van der Waals surface area contributed by atoms with Crippen LogP contribution in [0.5, 0.6) is 0 Å². The van der Waals surface area contributed by atoms with Crippen molar-refractivity contribution in [3.63, 3.8) is 0 Å². The standard InChI is InChI=1S/C10H17N3S/c1-9(2,3)12-8-11-7(13-14-8)10(4)5-6-10/h5-6H2,1-4H3,(H,11,12,13). The van der Waals surface area contributed by atoms with E-state index in [4.69, 9.17) is 0 Å². The lowest BCUT2D eigenvalue weighted by atomic mass is 10.1. The van der Waals surface area contributed by atoms with E-state index in [0.717, 1.165) is 11.0 Å². The van der Waals surface area contributed by atoms with Gasteiger partial charge in [0, 0.05) is 22.5 Å². The molecular weight excluding hydrogens is 194 g/mol. The third kappa shape index (κ3) is 2.05. The summed E-state index contributed by atoms with van der Waals surface area (Å²) in [5.74, 6) is 1.02. The van der Waals surface area contributed by atoms with Crippen LogP contribution in [0, 0.1) is 0 Å². The van der Waals surface area contributed by atoms with Crippen LogP contribution in [0.25, 0.3) is 0 Å². The molecule has 1 aliphatic rings. The van der Waals surface area contributed by atoms with Crippen molar-refractivity contribution in [2.75, 3.05) is 5.32 Å². The van der Waals surface area contributed by atoms with Gasteiger partial charge in [-0.1, -0.05) is 6.92 Å². The molecule has 1 heterocycles. The Morgan fingerprint density at radius 3 is 2.50 bits per heavy atom. The zero-order valence-corrected chi connectivity index (χ0v) is 10.0. The number of anilines is 1. The highest BCUT2D eigenvalue weighted by molar-refractivity contribution is 7.09.